The molecule has 3 atom stereocenters. The lowest BCUT2D eigenvalue weighted by atomic mass is 10.00. The van der Waals surface area contributed by atoms with E-state index >= 15 is 0 Å². The van der Waals surface area contributed by atoms with E-state index < -0.39 is 0 Å². The molecule has 3 aliphatic rings. The van der Waals surface area contributed by atoms with Gasteiger partial charge in [0, 0.05) is 101 Å². The molecule has 0 aliphatic carbocycles. The highest BCUT2D eigenvalue weighted by atomic mass is 16.5. The highest BCUT2D eigenvalue weighted by Gasteiger charge is 2.27. The Morgan fingerprint density at radius 1 is 0.484 bits per heavy atom. The summed E-state index contributed by atoms with van der Waals surface area (Å²) in [5.41, 5.74) is 12.2. The summed E-state index contributed by atoms with van der Waals surface area (Å²) < 4.78 is 6.57. The lowest BCUT2D eigenvalue weighted by Gasteiger charge is -2.34. The zero-order valence-electron chi connectivity index (χ0n) is 56.2. The molecular formula is C71H87N23O. The second-order valence-corrected chi connectivity index (χ2v) is 25.9. The van der Waals surface area contributed by atoms with E-state index in [9.17, 15) is 0 Å². The number of piperidine rings is 1. The van der Waals surface area contributed by atoms with Crippen molar-refractivity contribution in [1.82, 2.24) is 94.4 Å². The summed E-state index contributed by atoms with van der Waals surface area (Å²) >= 11 is 0. The number of aryl methyl sites for hydroxylation is 3. The molecule has 0 saturated carbocycles. The van der Waals surface area contributed by atoms with Crippen molar-refractivity contribution in [3.05, 3.63) is 150 Å². The molecule has 9 aromatic heterocycles. The quantitative estimate of drug-likeness (QED) is 0.0525. The zero-order chi connectivity index (χ0) is 65.7. The fourth-order valence-corrected chi connectivity index (χ4v) is 13.2. The maximum Gasteiger partial charge on any atom is 0.222 e. The van der Waals surface area contributed by atoms with Crippen molar-refractivity contribution in [2.75, 3.05) is 107 Å². The minimum Gasteiger partial charge on any atom is -0.474 e. The average Bonchev–Trinajstić information content (AvgIpc) is 1.57. The summed E-state index contributed by atoms with van der Waals surface area (Å²) in [6, 6.07) is 26.3. The number of aromatic nitrogens is 15. The van der Waals surface area contributed by atoms with Crippen LogP contribution in [0.1, 0.15) is 105 Å². The minimum absolute atomic E-state index is 0.0105. The van der Waals surface area contributed by atoms with Gasteiger partial charge in [0.2, 0.25) is 5.88 Å². The topological polar surface area (TPSA) is 264 Å². The number of likely N-dealkylation sites (tertiary alicyclic amines) is 1. The Kier molecular flexibility index (Phi) is 19.3. The Morgan fingerprint density at radius 3 is 1.41 bits per heavy atom. The van der Waals surface area contributed by atoms with Crippen LogP contribution in [-0.4, -0.2) is 193 Å². The standard InChI is InChI=1S/C25H31N7O.C24H30N8.C22H26N8/c1-15(2)32-10-8-19(9-11-32)33-25-21-16(3)6-5-7-18(21)12-20(31-25)17(4)30-24-22-23(27-13-26-22)28-14-29-24;1-16-5-4-6-18-13-20(17(2)29-24-22-23(26-14-25-22)27-15-28-24)30-19(21(16)18)7-8-32-11-9-31(3)10-12-32;1-14-5-4-6-16-11-17(28-22(18(14)16)30-9-7-29(3)8-10-30)15(2)27-21-19-20(24-12-23-19)25-13-26-21/h5-7,12-15,17,19H,8-11H2,1-4H3,(H2,26,27,28,29,30);4-6,13-15,17H,7-12H2,1-3H3,(H2,25,26,27,28,29);4-6,11-13,15H,7-10H2,1-3H3,(H2,23,24,25,26,27). The molecule has 3 aliphatic heterocycles. The summed E-state index contributed by atoms with van der Waals surface area (Å²) in [5.74, 6) is 3.99. The molecule has 3 unspecified atom stereocenters. The van der Waals surface area contributed by atoms with Crippen LogP contribution in [0.5, 0.6) is 5.88 Å². The molecular weight excluding hydrogens is 1190 g/mol. The zero-order valence-corrected chi connectivity index (χ0v) is 56.2. The number of nitrogens with zero attached hydrogens (tertiary/aromatic N) is 17. The summed E-state index contributed by atoms with van der Waals surface area (Å²) in [4.78, 5) is 75.4. The molecule has 0 radical (unpaired) electrons. The van der Waals surface area contributed by atoms with Gasteiger partial charge in [0.25, 0.3) is 0 Å². The maximum atomic E-state index is 6.57. The average molecular weight is 1280 g/mol. The molecule has 0 spiro atoms. The molecule has 12 aromatic rings. The second-order valence-electron chi connectivity index (χ2n) is 25.9. The van der Waals surface area contributed by atoms with Gasteiger partial charge in [-0.15, -0.1) is 0 Å². The molecule has 95 heavy (non-hydrogen) atoms. The third-order valence-corrected chi connectivity index (χ3v) is 18.9. The van der Waals surface area contributed by atoms with Crippen LogP contribution in [0, 0.1) is 20.8 Å². The van der Waals surface area contributed by atoms with Crippen LogP contribution in [0.25, 0.3) is 65.8 Å². The van der Waals surface area contributed by atoms with E-state index in [4.69, 9.17) is 19.7 Å². The number of hydrogen-bond donors (Lipinski definition) is 6. The monoisotopic (exact) mass is 1280 g/mol. The number of nitrogens with one attached hydrogen (secondary N) is 6. The van der Waals surface area contributed by atoms with Gasteiger partial charge in [-0.3, -0.25) is 4.98 Å². The summed E-state index contributed by atoms with van der Waals surface area (Å²) in [5, 5.41) is 17.7. The smallest absolute Gasteiger partial charge is 0.222 e. The number of ether oxygens (including phenoxy) is 1. The predicted octanol–water partition coefficient (Wildman–Crippen LogP) is 10.9. The fraction of sp³-hybridized carbons (Fsp3) is 0.408. The van der Waals surface area contributed by atoms with Crippen molar-refractivity contribution in [3.8, 4) is 5.88 Å². The van der Waals surface area contributed by atoms with Gasteiger partial charge in [0.15, 0.2) is 34.4 Å². The van der Waals surface area contributed by atoms with E-state index in [1.807, 2.05) is 0 Å². The number of benzene rings is 3. The van der Waals surface area contributed by atoms with Gasteiger partial charge in [-0.05, 0) is 133 Å². The normalized spacial score (nSPS) is 16.5. The van der Waals surface area contributed by atoms with E-state index in [1.54, 1.807) is 19.0 Å². The molecule has 12 heterocycles. The van der Waals surface area contributed by atoms with Gasteiger partial charge in [0.05, 0.1) is 59.9 Å². The SMILES string of the molecule is Cc1cccc2cc(C(C)Nc3ncnc4nc[nH]c34)nc(CCN3CCN(C)CC3)c12.Cc1cccc2cc(C(C)Nc3ncnc4nc[nH]c34)nc(N3CCN(C)CC3)c12.Cc1cccc2cc(C(C)Nc3ncnc4nc[nH]c34)nc(OC3CCN(C(C)C)CC3)c12. The lowest BCUT2D eigenvalue weighted by Crippen LogP contribution is -2.45. The van der Waals surface area contributed by atoms with E-state index in [0.29, 0.717) is 28.8 Å². The van der Waals surface area contributed by atoms with Gasteiger partial charge in [-0.1, -0.05) is 54.6 Å². The molecule has 0 bridgehead atoms. The number of anilines is 4. The van der Waals surface area contributed by atoms with E-state index in [2.05, 4.69) is 243 Å². The third kappa shape index (κ3) is 14.4. The molecule has 15 rings (SSSR count). The van der Waals surface area contributed by atoms with Crippen molar-refractivity contribution in [3.63, 3.8) is 0 Å². The summed E-state index contributed by atoms with van der Waals surface area (Å²) in [6.07, 6.45) is 12.7. The summed E-state index contributed by atoms with van der Waals surface area (Å²) in [6.45, 7) is 29.0. The van der Waals surface area contributed by atoms with Gasteiger partial charge in [-0.25, -0.2) is 54.8 Å². The van der Waals surface area contributed by atoms with Crippen LogP contribution in [0.3, 0.4) is 0 Å². The minimum atomic E-state index is -0.0820. The number of fused-ring (bicyclic) bond motifs is 6. The Labute approximate surface area is 553 Å². The van der Waals surface area contributed by atoms with E-state index in [0.717, 1.165) is 159 Å². The number of likely N-dealkylation sites (N-methyl/N-ethyl adjacent to an activating group) is 2. The number of pyridine rings is 3. The predicted molar refractivity (Wildman–Crippen MR) is 378 cm³/mol. The largest absolute Gasteiger partial charge is 0.474 e. The highest BCUT2D eigenvalue weighted by Crippen LogP contribution is 2.36. The van der Waals surface area contributed by atoms with Crippen LogP contribution in [0.4, 0.5) is 23.3 Å². The number of piperazine rings is 2. The van der Waals surface area contributed by atoms with Crippen LogP contribution in [0.2, 0.25) is 0 Å². The molecule has 6 N–H and O–H groups in total. The van der Waals surface area contributed by atoms with Gasteiger partial charge < -0.3 is 60.1 Å². The Balaban J connectivity index is 0.000000129. The van der Waals surface area contributed by atoms with Gasteiger partial charge in [-0.2, -0.15) is 0 Å². The number of aromatic amines is 3. The molecule has 0 amide bonds. The fourth-order valence-electron chi connectivity index (χ4n) is 13.2. The number of hydrogen-bond acceptors (Lipinski definition) is 21. The first-order valence-electron chi connectivity index (χ1n) is 33.3. The first kappa shape index (κ1) is 64.1. The molecule has 3 saturated heterocycles. The first-order valence-corrected chi connectivity index (χ1v) is 33.3. The van der Waals surface area contributed by atoms with Crippen molar-refractivity contribution in [2.45, 2.75) is 105 Å². The molecule has 24 heteroatoms. The van der Waals surface area contributed by atoms with E-state index in [-0.39, 0.29) is 24.2 Å². The van der Waals surface area contributed by atoms with Crippen molar-refractivity contribution in [1.29, 1.82) is 0 Å². The van der Waals surface area contributed by atoms with Gasteiger partial charge in [0.1, 0.15) is 47.5 Å². The van der Waals surface area contributed by atoms with Gasteiger partial charge >= 0.3 is 0 Å². The molecule has 492 valence electrons. The lowest BCUT2D eigenvalue weighted by molar-refractivity contribution is 0.0822. The van der Waals surface area contributed by atoms with E-state index in [1.165, 1.54) is 62.9 Å². The first-order chi connectivity index (χ1) is 46.2. The Morgan fingerprint density at radius 2 is 0.916 bits per heavy atom. The molecule has 3 fully saturated rings. The van der Waals surface area contributed by atoms with Crippen LogP contribution >= 0.6 is 0 Å². The van der Waals surface area contributed by atoms with Crippen molar-refractivity contribution in [2.24, 2.45) is 0 Å². The van der Waals surface area contributed by atoms with Crippen molar-refractivity contribution >= 4 is 89.1 Å². The third-order valence-electron chi connectivity index (χ3n) is 18.9. The highest BCUT2D eigenvalue weighted by molar-refractivity contribution is 5.96. The number of rotatable bonds is 16. The number of imidazole rings is 3. The van der Waals surface area contributed by atoms with Crippen LogP contribution < -0.4 is 25.6 Å². The Bertz CT molecular complexity index is 4600. The maximum absolute atomic E-state index is 6.57. The van der Waals surface area contributed by atoms with Crippen LogP contribution in [-0.2, 0) is 6.42 Å². The summed E-state index contributed by atoms with van der Waals surface area (Å²) in [7, 11) is 4.37. The van der Waals surface area contributed by atoms with Crippen molar-refractivity contribution < 1.29 is 4.74 Å². The molecule has 24 nitrogen and oxygen atoms in total. The Hall–Kier alpha value is -9.62. The van der Waals surface area contributed by atoms with Crippen LogP contribution in [0.15, 0.2) is 111 Å². The second kappa shape index (κ2) is 28.5. The number of H-pyrrole nitrogens is 3. The molecule has 3 aromatic carbocycles.